The number of benzene rings is 1. The Bertz CT molecular complexity index is 1080. The molecule has 3 aromatic rings. The van der Waals surface area contributed by atoms with E-state index in [1.807, 2.05) is 24.3 Å². The minimum Gasteiger partial charge on any atom is -0.345 e. The zero-order valence-electron chi connectivity index (χ0n) is 16.5. The van der Waals surface area contributed by atoms with E-state index in [1.54, 1.807) is 0 Å². The lowest BCUT2D eigenvalue weighted by atomic mass is 10.2. The van der Waals surface area contributed by atoms with Crippen LogP contribution in [0.1, 0.15) is 37.2 Å². The van der Waals surface area contributed by atoms with Crippen LogP contribution >= 0.6 is 0 Å². The summed E-state index contributed by atoms with van der Waals surface area (Å²) in [6, 6.07) is 8.76. The van der Waals surface area contributed by atoms with E-state index >= 15 is 0 Å². The van der Waals surface area contributed by atoms with E-state index in [4.69, 9.17) is 0 Å². The SMILES string of the molecule is C[C@@H](NC(=O)C[C@@H]1C[C@@H]1c1nc2ccccc2[nH]1)C(=O)Nc1ccc(C(F)(F)F)nc1. The first-order chi connectivity index (χ1) is 14.7. The van der Waals surface area contributed by atoms with Crippen LogP contribution in [-0.4, -0.2) is 32.8 Å². The fraction of sp³-hybridized carbons (Fsp3) is 0.333. The number of H-pyrrole nitrogens is 1. The van der Waals surface area contributed by atoms with Crippen molar-refractivity contribution in [1.82, 2.24) is 20.3 Å². The summed E-state index contributed by atoms with van der Waals surface area (Å²) < 4.78 is 37.6. The van der Waals surface area contributed by atoms with Crippen molar-refractivity contribution in [2.45, 2.75) is 37.9 Å². The summed E-state index contributed by atoms with van der Waals surface area (Å²) in [6.07, 6.45) is -2.52. The van der Waals surface area contributed by atoms with E-state index in [2.05, 4.69) is 25.6 Å². The van der Waals surface area contributed by atoms with Gasteiger partial charge in [-0.2, -0.15) is 13.2 Å². The molecule has 3 atom stereocenters. The number of rotatable bonds is 6. The second-order valence-corrected chi connectivity index (χ2v) is 7.65. The Labute approximate surface area is 175 Å². The lowest BCUT2D eigenvalue weighted by Crippen LogP contribution is -2.41. The van der Waals surface area contributed by atoms with Gasteiger partial charge in [0.2, 0.25) is 11.8 Å². The molecule has 0 radical (unpaired) electrons. The van der Waals surface area contributed by atoms with E-state index < -0.39 is 23.8 Å². The highest BCUT2D eigenvalue weighted by Crippen LogP contribution is 2.48. The number of hydrogen-bond donors (Lipinski definition) is 3. The van der Waals surface area contributed by atoms with Gasteiger partial charge >= 0.3 is 6.18 Å². The highest BCUT2D eigenvalue weighted by Gasteiger charge is 2.42. The smallest absolute Gasteiger partial charge is 0.345 e. The van der Waals surface area contributed by atoms with E-state index in [9.17, 15) is 22.8 Å². The molecular weight excluding hydrogens is 411 g/mol. The maximum absolute atomic E-state index is 12.5. The summed E-state index contributed by atoms with van der Waals surface area (Å²) in [5, 5.41) is 5.07. The minimum atomic E-state index is -4.55. The van der Waals surface area contributed by atoms with Crippen molar-refractivity contribution in [3.05, 3.63) is 54.1 Å². The third kappa shape index (κ3) is 4.84. The largest absolute Gasteiger partial charge is 0.433 e. The van der Waals surface area contributed by atoms with Crippen LogP contribution < -0.4 is 10.6 Å². The number of hydrogen-bond acceptors (Lipinski definition) is 4. The number of halogens is 3. The van der Waals surface area contributed by atoms with Crippen LogP contribution in [0.5, 0.6) is 0 Å². The zero-order chi connectivity index (χ0) is 22.2. The van der Waals surface area contributed by atoms with Crippen LogP contribution in [0.25, 0.3) is 11.0 Å². The van der Waals surface area contributed by atoms with Gasteiger partial charge in [-0.3, -0.25) is 9.59 Å². The molecule has 0 spiro atoms. The lowest BCUT2D eigenvalue weighted by Gasteiger charge is -2.14. The third-order valence-electron chi connectivity index (χ3n) is 5.22. The number of para-hydroxylation sites is 2. The zero-order valence-corrected chi connectivity index (χ0v) is 16.5. The standard InChI is InChI=1S/C21H20F3N5O2/c1-11(20(31)27-13-6-7-17(25-10-13)21(22,23)24)26-18(30)9-12-8-14(12)19-28-15-4-2-3-5-16(15)29-19/h2-7,10-12,14H,8-9H2,1H3,(H,26,30)(H,27,31)(H,28,29)/t11-,12+,14+/m1/s1. The molecule has 162 valence electrons. The molecule has 31 heavy (non-hydrogen) atoms. The highest BCUT2D eigenvalue weighted by molar-refractivity contribution is 5.96. The van der Waals surface area contributed by atoms with E-state index in [0.717, 1.165) is 41.6 Å². The highest BCUT2D eigenvalue weighted by atomic mass is 19.4. The molecule has 4 rings (SSSR count). The molecule has 7 nitrogen and oxygen atoms in total. The molecule has 1 fully saturated rings. The van der Waals surface area contributed by atoms with Gasteiger partial charge in [0.25, 0.3) is 0 Å². The number of carbonyl (C=O) groups is 2. The average molecular weight is 431 g/mol. The van der Waals surface area contributed by atoms with Gasteiger partial charge in [-0.05, 0) is 43.5 Å². The number of amides is 2. The summed E-state index contributed by atoms with van der Waals surface area (Å²) >= 11 is 0. The number of aromatic nitrogens is 3. The molecule has 3 N–H and O–H groups in total. The quantitative estimate of drug-likeness (QED) is 0.555. The molecule has 1 aromatic carbocycles. The summed E-state index contributed by atoms with van der Waals surface area (Å²) in [5.74, 6) is 0.381. The molecule has 0 aliphatic heterocycles. The van der Waals surface area contributed by atoms with Gasteiger partial charge in [-0.1, -0.05) is 12.1 Å². The van der Waals surface area contributed by atoms with E-state index in [-0.39, 0.29) is 29.9 Å². The molecular formula is C21H20F3N5O2. The summed E-state index contributed by atoms with van der Waals surface area (Å²) in [4.78, 5) is 35.7. The number of aromatic amines is 1. The van der Waals surface area contributed by atoms with Crippen molar-refractivity contribution in [2.24, 2.45) is 5.92 Å². The van der Waals surface area contributed by atoms with E-state index in [0.29, 0.717) is 0 Å². The maximum atomic E-state index is 12.5. The Hall–Kier alpha value is -3.43. The topological polar surface area (TPSA) is 99.8 Å². The monoisotopic (exact) mass is 431 g/mol. The number of carbonyl (C=O) groups excluding carboxylic acids is 2. The second kappa shape index (κ2) is 8.01. The van der Waals surface area contributed by atoms with Crippen molar-refractivity contribution in [1.29, 1.82) is 0 Å². The molecule has 0 unspecified atom stereocenters. The van der Waals surface area contributed by atoms with Crippen LogP contribution in [-0.2, 0) is 15.8 Å². The Morgan fingerprint density at radius 1 is 1.23 bits per heavy atom. The Kier molecular flexibility index (Phi) is 5.38. The third-order valence-corrected chi connectivity index (χ3v) is 5.22. The van der Waals surface area contributed by atoms with Gasteiger partial charge in [-0.15, -0.1) is 0 Å². The first kappa shape index (κ1) is 20.8. The molecule has 2 aromatic heterocycles. The molecule has 1 saturated carbocycles. The molecule has 1 aliphatic rings. The van der Waals surface area contributed by atoms with Crippen molar-refractivity contribution in [3.8, 4) is 0 Å². The maximum Gasteiger partial charge on any atom is 0.433 e. The fourth-order valence-electron chi connectivity index (χ4n) is 3.45. The summed E-state index contributed by atoms with van der Waals surface area (Å²) in [7, 11) is 0. The second-order valence-electron chi connectivity index (χ2n) is 7.65. The van der Waals surface area contributed by atoms with Gasteiger partial charge in [-0.25, -0.2) is 9.97 Å². The number of pyridine rings is 1. The van der Waals surface area contributed by atoms with Gasteiger partial charge in [0.15, 0.2) is 0 Å². The molecule has 2 amide bonds. The van der Waals surface area contributed by atoms with Gasteiger partial charge in [0.1, 0.15) is 17.6 Å². The van der Waals surface area contributed by atoms with Crippen LogP contribution in [0.3, 0.4) is 0 Å². The summed E-state index contributed by atoms with van der Waals surface area (Å²) in [6.45, 7) is 1.51. The predicted octanol–water partition coefficient (Wildman–Crippen LogP) is 3.61. The number of imidazole rings is 1. The lowest BCUT2D eigenvalue weighted by molar-refractivity contribution is -0.141. The normalized spacial score (nSPS) is 19.1. The van der Waals surface area contributed by atoms with Gasteiger partial charge < -0.3 is 15.6 Å². The number of nitrogens with one attached hydrogen (secondary N) is 3. The van der Waals surface area contributed by atoms with Crippen LogP contribution in [0.2, 0.25) is 0 Å². The van der Waals surface area contributed by atoms with Gasteiger partial charge in [0.05, 0.1) is 22.9 Å². The van der Waals surface area contributed by atoms with Crippen LogP contribution in [0.15, 0.2) is 42.6 Å². The first-order valence-corrected chi connectivity index (χ1v) is 9.79. The van der Waals surface area contributed by atoms with Crippen molar-refractivity contribution >= 4 is 28.5 Å². The fourth-order valence-corrected chi connectivity index (χ4v) is 3.45. The number of anilines is 1. The molecule has 0 bridgehead atoms. The number of nitrogens with zero attached hydrogens (tertiary/aromatic N) is 2. The molecule has 10 heteroatoms. The van der Waals surface area contributed by atoms with Crippen LogP contribution in [0.4, 0.5) is 18.9 Å². The Morgan fingerprint density at radius 3 is 2.68 bits per heavy atom. The summed E-state index contributed by atoms with van der Waals surface area (Å²) in [5.41, 5.74) is 0.910. The first-order valence-electron chi connectivity index (χ1n) is 9.79. The predicted molar refractivity (Wildman–Crippen MR) is 107 cm³/mol. The number of alkyl halides is 3. The van der Waals surface area contributed by atoms with Crippen molar-refractivity contribution in [2.75, 3.05) is 5.32 Å². The van der Waals surface area contributed by atoms with Crippen molar-refractivity contribution in [3.63, 3.8) is 0 Å². The number of fused-ring (bicyclic) bond motifs is 1. The average Bonchev–Trinajstić information content (AvgIpc) is 3.33. The molecule has 1 aliphatic carbocycles. The Balaban J connectivity index is 1.26. The van der Waals surface area contributed by atoms with Crippen LogP contribution in [0, 0.1) is 5.92 Å². The van der Waals surface area contributed by atoms with Crippen molar-refractivity contribution < 1.29 is 22.8 Å². The van der Waals surface area contributed by atoms with Gasteiger partial charge in [0, 0.05) is 12.3 Å². The molecule has 2 heterocycles. The van der Waals surface area contributed by atoms with E-state index in [1.165, 1.54) is 6.92 Å². The Morgan fingerprint density at radius 2 is 2.00 bits per heavy atom. The minimum absolute atomic E-state index is 0.117. The molecule has 0 saturated heterocycles.